The minimum Gasteiger partial charge on any atom is -0.396 e. The van der Waals surface area contributed by atoms with Crippen molar-refractivity contribution >= 4 is 0 Å². The normalized spacial score (nSPS) is 11.5. The fraction of sp³-hybridized carbons (Fsp3) is 0.778. The Hall–Kier alpha value is -0.640. The van der Waals surface area contributed by atoms with Crippen LogP contribution in [-0.4, -0.2) is 35.5 Å². The monoisotopic (exact) mass is 297 g/mol. The van der Waals surface area contributed by atoms with Gasteiger partial charge in [0.05, 0.1) is 5.60 Å². The first kappa shape index (κ1) is 20.4. The zero-order chi connectivity index (χ0) is 15.8. The number of rotatable bonds is 16. The van der Waals surface area contributed by atoms with Gasteiger partial charge in [0.2, 0.25) is 0 Å². The molecular weight excluding hydrogens is 262 g/mol. The van der Waals surface area contributed by atoms with Gasteiger partial charge in [-0.05, 0) is 51.6 Å². The van der Waals surface area contributed by atoms with Crippen molar-refractivity contribution in [3.05, 3.63) is 25.3 Å². The van der Waals surface area contributed by atoms with Crippen molar-refractivity contribution in [2.45, 2.75) is 69.8 Å². The van der Waals surface area contributed by atoms with Crippen LogP contribution in [0, 0.1) is 0 Å². The van der Waals surface area contributed by atoms with E-state index in [9.17, 15) is 5.11 Å². The van der Waals surface area contributed by atoms with Crippen LogP contribution in [0.3, 0.4) is 0 Å². The van der Waals surface area contributed by atoms with Crippen LogP contribution < -0.4 is 5.32 Å². The third kappa shape index (κ3) is 12.8. The van der Waals surface area contributed by atoms with Gasteiger partial charge in [0, 0.05) is 6.61 Å². The molecule has 0 spiro atoms. The average Bonchev–Trinajstić information content (AvgIpc) is 2.45. The van der Waals surface area contributed by atoms with E-state index in [0.29, 0.717) is 19.4 Å². The highest BCUT2D eigenvalue weighted by Gasteiger charge is 2.22. The summed E-state index contributed by atoms with van der Waals surface area (Å²) in [7, 11) is 0. The third-order valence-corrected chi connectivity index (χ3v) is 3.81. The fourth-order valence-corrected chi connectivity index (χ4v) is 2.55. The van der Waals surface area contributed by atoms with E-state index in [1.54, 1.807) is 12.2 Å². The zero-order valence-electron chi connectivity index (χ0n) is 13.7. The highest BCUT2D eigenvalue weighted by atomic mass is 16.3. The predicted molar refractivity (Wildman–Crippen MR) is 91.5 cm³/mol. The van der Waals surface area contributed by atoms with Gasteiger partial charge < -0.3 is 15.5 Å². The quantitative estimate of drug-likeness (QED) is 0.301. The van der Waals surface area contributed by atoms with E-state index in [2.05, 4.69) is 18.5 Å². The van der Waals surface area contributed by atoms with Crippen LogP contribution in [0.15, 0.2) is 25.3 Å². The molecule has 0 aliphatic carbocycles. The number of aliphatic hydroxyl groups is 2. The van der Waals surface area contributed by atoms with Crippen LogP contribution >= 0.6 is 0 Å². The Labute approximate surface area is 131 Å². The molecule has 0 amide bonds. The van der Waals surface area contributed by atoms with Crippen LogP contribution in [-0.2, 0) is 0 Å². The predicted octanol–water partition coefficient (Wildman–Crippen LogP) is 3.57. The smallest absolute Gasteiger partial charge is 0.0716 e. The van der Waals surface area contributed by atoms with Crippen molar-refractivity contribution in [2.75, 3.05) is 19.7 Å². The lowest BCUT2D eigenvalue weighted by molar-refractivity contribution is 0.0348. The van der Waals surface area contributed by atoms with E-state index in [-0.39, 0.29) is 0 Å². The van der Waals surface area contributed by atoms with Gasteiger partial charge in [0.25, 0.3) is 0 Å². The summed E-state index contributed by atoms with van der Waals surface area (Å²) in [4.78, 5) is 0. The molecule has 3 N–H and O–H groups in total. The summed E-state index contributed by atoms with van der Waals surface area (Å²) >= 11 is 0. The lowest BCUT2D eigenvalue weighted by Crippen LogP contribution is -2.27. The molecule has 0 aliphatic heterocycles. The molecule has 0 aliphatic rings. The largest absolute Gasteiger partial charge is 0.396 e. The number of hydrogen-bond acceptors (Lipinski definition) is 3. The van der Waals surface area contributed by atoms with Gasteiger partial charge in [-0.2, -0.15) is 0 Å². The van der Waals surface area contributed by atoms with E-state index in [4.69, 9.17) is 5.11 Å². The first-order valence-corrected chi connectivity index (χ1v) is 8.44. The Morgan fingerprint density at radius 2 is 1.33 bits per heavy atom. The van der Waals surface area contributed by atoms with Gasteiger partial charge in [-0.3, -0.25) is 0 Å². The summed E-state index contributed by atoms with van der Waals surface area (Å²) in [5, 5.41) is 22.5. The Balaban J connectivity index is 3.41. The number of aliphatic hydroxyl groups excluding tert-OH is 1. The zero-order valence-corrected chi connectivity index (χ0v) is 13.7. The summed E-state index contributed by atoms with van der Waals surface area (Å²) in [5.74, 6) is 0. The minimum absolute atomic E-state index is 0.317. The van der Waals surface area contributed by atoms with E-state index >= 15 is 0 Å². The Morgan fingerprint density at radius 1 is 0.810 bits per heavy atom. The van der Waals surface area contributed by atoms with Crippen LogP contribution in [0.1, 0.15) is 64.2 Å². The molecular formula is C18H35NO2. The molecule has 0 saturated carbocycles. The standard InChI is InChI=1S/C18H35NO2/c1-3-12-18(21,13-4-2)14-8-7-10-16-19-15-9-5-6-11-17-20/h3-4,19-21H,1-2,5-17H2. The minimum atomic E-state index is -0.635. The molecule has 0 bridgehead atoms. The van der Waals surface area contributed by atoms with E-state index in [1.165, 1.54) is 12.8 Å². The lowest BCUT2D eigenvalue weighted by Gasteiger charge is -2.25. The van der Waals surface area contributed by atoms with Crippen molar-refractivity contribution in [1.29, 1.82) is 0 Å². The van der Waals surface area contributed by atoms with Crippen molar-refractivity contribution in [3.8, 4) is 0 Å². The highest BCUT2D eigenvalue weighted by Crippen LogP contribution is 2.23. The number of hydrogen-bond donors (Lipinski definition) is 3. The van der Waals surface area contributed by atoms with Gasteiger partial charge >= 0.3 is 0 Å². The molecule has 124 valence electrons. The molecule has 0 heterocycles. The van der Waals surface area contributed by atoms with E-state index in [1.807, 2.05) is 0 Å². The van der Waals surface area contributed by atoms with Gasteiger partial charge in [0.15, 0.2) is 0 Å². The summed E-state index contributed by atoms with van der Waals surface area (Å²) in [5.41, 5.74) is -0.635. The molecule has 0 unspecified atom stereocenters. The fourth-order valence-electron chi connectivity index (χ4n) is 2.55. The van der Waals surface area contributed by atoms with E-state index in [0.717, 1.165) is 51.6 Å². The summed E-state index contributed by atoms with van der Waals surface area (Å²) in [6.07, 6.45) is 13.5. The Morgan fingerprint density at radius 3 is 1.86 bits per heavy atom. The molecule has 0 aromatic rings. The van der Waals surface area contributed by atoms with Crippen LogP contribution in [0.5, 0.6) is 0 Å². The summed E-state index contributed by atoms with van der Waals surface area (Å²) in [6, 6.07) is 0. The first-order valence-electron chi connectivity index (χ1n) is 8.44. The topological polar surface area (TPSA) is 52.5 Å². The maximum atomic E-state index is 10.4. The molecule has 0 rings (SSSR count). The Kier molecular flexibility index (Phi) is 13.9. The van der Waals surface area contributed by atoms with Crippen molar-refractivity contribution in [1.82, 2.24) is 5.32 Å². The number of nitrogens with one attached hydrogen (secondary N) is 1. The maximum Gasteiger partial charge on any atom is 0.0716 e. The van der Waals surface area contributed by atoms with Crippen molar-refractivity contribution in [2.24, 2.45) is 0 Å². The van der Waals surface area contributed by atoms with Crippen LogP contribution in [0.2, 0.25) is 0 Å². The van der Waals surface area contributed by atoms with Crippen LogP contribution in [0.4, 0.5) is 0 Å². The average molecular weight is 297 g/mol. The second-order valence-electron chi connectivity index (χ2n) is 5.91. The molecule has 0 radical (unpaired) electrons. The molecule has 0 aromatic heterocycles. The van der Waals surface area contributed by atoms with E-state index < -0.39 is 5.60 Å². The highest BCUT2D eigenvalue weighted by molar-refractivity contribution is 4.91. The SMILES string of the molecule is C=CCC(O)(CC=C)CCCCCNCCCCCCO. The van der Waals surface area contributed by atoms with Crippen molar-refractivity contribution in [3.63, 3.8) is 0 Å². The molecule has 0 saturated heterocycles. The van der Waals surface area contributed by atoms with Gasteiger partial charge in [-0.1, -0.05) is 37.8 Å². The maximum absolute atomic E-state index is 10.4. The Bertz CT molecular complexity index is 244. The third-order valence-electron chi connectivity index (χ3n) is 3.81. The molecule has 0 aromatic carbocycles. The van der Waals surface area contributed by atoms with Crippen LogP contribution in [0.25, 0.3) is 0 Å². The second kappa shape index (κ2) is 14.3. The second-order valence-corrected chi connectivity index (χ2v) is 5.91. The van der Waals surface area contributed by atoms with Crippen molar-refractivity contribution < 1.29 is 10.2 Å². The number of unbranched alkanes of at least 4 members (excludes halogenated alkanes) is 5. The molecule has 3 heteroatoms. The molecule has 0 fully saturated rings. The molecule has 3 nitrogen and oxygen atoms in total. The molecule has 0 atom stereocenters. The summed E-state index contributed by atoms with van der Waals surface area (Å²) < 4.78 is 0. The summed E-state index contributed by atoms with van der Waals surface area (Å²) in [6.45, 7) is 9.87. The lowest BCUT2D eigenvalue weighted by atomic mass is 9.89. The first-order chi connectivity index (χ1) is 10.2. The van der Waals surface area contributed by atoms with Gasteiger partial charge in [0.1, 0.15) is 0 Å². The van der Waals surface area contributed by atoms with Gasteiger partial charge in [-0.25, -0.2) is 0 Å². The molecule has 21 heavy (non-hydrogen) atoms. The van der Waals surface area contributed by atoms with Gasteiger partial charge in [-0.15, -0.1) is 13.2 Å².